The number of aromatic amines is 1. The molecule has 26 heavy (non-hydrogen) atoms. The van der Waals surface area contributed by atoms with Gasteiger partial charge in [-0.05, 0) is 49.3 Å². The number of benzene rings is 1. The molecule has 1 saturated heterocycles. The summed E-state index contributed by atoms with van der Waals surface area (Å²) in [5, 5.41) is 13.0. The number of H-pyrrole nitrogens is 1. The van der Waals surface area contributed by atoms with Crippen LogP contribution in [0.3, 0.4) is 0 Å². The van der Waals surface area contributed by atoms with Gasteiger partial charge in [0, 0.05) is 18.0 Å². The highest BCUT2D eigenvalue weighted by Gasteiger charge is 2.42. The van der Waals surface area contributed by atoms with E-state index >= 15 is 0 Å². The van der Waals surface area contributed by atoms with E-state index in [0.29, 0.717) is 17.5 Å². The van der Waals surface area contributed by atoms with Crippen molar-refractivity contribution in [1.29, 1.82) is 0 Å². The molecule has 2 bridgehead atoms. The fraction of sp³-hybridized carbons (Fsp3) is 0.474. The lowest BCUT2D eigenvalue weighted by atomic mass is 9.99. The van der Waals surface area contributed by atoms with E-state index in [0.717, 1.165) is 36.1 Å². The summed E-state index contributed by atoms with van der Waals surface area (Å²) >= 11 is 0. The summed E-state index contributed by atoms with van der Waals surface area (Å²) in [6, 6.07) is 5.33. The molecule has 2 aromatic rings. The maximum Gasteiger partial charge on any atom is 0.238 e. The maximum absolute atomic E-state index is 14.5. The molecular weight excluding hydrogens is 333 g/mol. The van der Waals surface area contributed by atoms with Crippen molar-refractivity contribution in [1.82, 2.24) is 20.8 Å². The topological polar surface area (TPSA) is 95.8 Å². The minimum absolute atomic E-state index is 0.0742. The van der Waals surface area contributed by atoms with Crippen LogP contribution in [0, 0.1) is 18.7 Å². The number of aryl methyl sites for hydroxylation is 1. The smallest absolute Gasteiger partial charge is 0.238 e. The average molecular weight is 357 g/mol. The molecule has 4 rings (SSSR count). The lowest BCUT2D eigenvalue weighted by molar-refractivity contribution is -0.124. The van der Waals surface area contributed by atoms with Gasteiger partial charge in [-0.2, -0.15) is 5.10 Å². The fourth-order valence-corrected chi connectivity index (χ4v) is 4.22. The normalized spacial score (nSPS) is 25.4. The van der Waals surface area contributed by atoms with Gasteiger partial charge in [-0.15, -0.1) is 0 Å². The Morgan fingerprint density at radius 2 is 2.31 bits per heavy atom. The van der Waals surface area contributed by atoms with Crippen LogP contribution in [0.2, 0.25) is 0 Å². The Balaban J connectivity index is 1.39. The Labute approximate surface area is 151 Å². The molecule has 4 atom stereocenters. The van der Waals surface area contributed by atoms with E-state index in [1.165, 1.54) is 6.07 Å². The molecule has 5 N–H and O–H groups in total. The van der Waals surface area contributed by atoms with E-state index in [1.807, 2.05) is 13.0 Å². The van der Waals surface area contributed by atoms with E-state index in [9.17, 15) is 9.18 Å². The quantitative estimate of drug-likeness (QED) is 0.611. The third-order valence-corrected chi connectivity index (χ3v) is 5.58. The zero-order chi connectivity index (χ0) is 18.3. The molecule has 2 aliphatic rings. The van der Waals surface area contributed by atoms with Crippen molar-refractivity contribution in [2.45, 2.75) is 50.9 Å². The number of hydrogen-bond acceptors (Lipinski definition) is 4. The van der Waals surface area contributed by atoms with Gasteiger partial charge in [0.1, 0.15) is 5.82 Å². The van der Waals surface area contributed by atoms with Crippen LogP contribution in [0.4, 0.5) is 4.39 Å². The molecule has 1 aromatic heterocycles. The van der Waals surface area contributed by atoms with Crippen LogP contribution in [-0.4, -0.2) is 34.4 Å². The van der Waals surface area contributed by atoms with Crippen LogP contribution in [0.5, 0.6) is 0 Å². The Kier molecular flexibility index (Phi) is 4.50. The maximum atomic E-state index is 14.5. The van der Waals surface area contributed by atoms with Gasteiger partial charge in [-0.1, -0.05) is 12.1 Å². The van der Waals surface area contributed by atoms with Crippen molar-refractivity contribution in [2.75, 3.05) is 0 Å². The molecule has 2 heterocycles. The molecule has 2 fully saturated rings. The molecule has 1 amide bonds. The molecular formula is C19H24FN5O. The van der Waals surface area contributed by atoms with Gasteiger partial charge < -0.3 is 16.4 Å². The lowest BCUT2D eigenvalue weighted by Gasteiger charge is -2.24. The highest BCUT2D eigenvalue weighted by molar-refractivity contribution is 5.83. The number of halogens is 1. The number of rotatable bonds is 5. The van der Waals surface area contributed by atoms with Gasteiger partial charge in [0.05, 0.1) is 24.1 Å². The van der Waals surface area contributed by atoms with E-state index in [4.69, 9.17) is 5.73 Å². The predicted octanol–water partition coefficient (Wildman–Crippen LogP) is 1.61. The molecule has 0 unspecified atom stereocenters. The molecule has 6 nitrogen and oxygen atoms in total. The largest absolute Gasteiger partial charge is 0.339 e. The number of amides is 1. The first-order valence-electron chi connectivity index (χ1n) is 9.12. The van der Waals surface area contributed by atoms with E-state index < -0.39 is 6.17 Å². The summed E-state index contributed by atoms with van der Waals surface area (Å²) < 4.78 is 14.5. The summed E-state index contributed by atoms with van der Waals surface area (Å²) in [7, 11) is 0. The number of fused-ring (bicyclic) bond motifs is 2. The highest BCUT2D eigenvalue weighted by Crippen LogP contribution is 2.35. The second-order valence-electron chi connectivity index (χ2n) is 7.47. The van der Waals surface area contributed by atoms with Gasteiger partial charge in [0.15, 0.2) is 0 Å². The third kappa shape index (κ3) is 3.24. The van der Waals surface area contributed by atoms with Crippen LogP contribution >= 0.6 is 0 Å². The Hall–Kier alpha value is -2.25. The van der Waals surface area contributed by atoms with Crippen LogP contribution in [0.25, 0.3) is 11.3 Å². The van der Waals surface area contributed by atoms with E-state index in [-0.39, 0.29) is 24.2 Å². The van der Waals surface area contributed by atoms with Gasteiger partial charge in [-0.3, -0.25) is 9.89 Å². The summed E-state index contributed by atoms with van der Waals surface area (Å²) in [5.74, 6) is -0.00470. The first-order valence-corrected chi connectivity index (χ1v) is 9.12. The second-order valence-corrected chi connectivity index (χ2v) is 7.47. The van der Waals surface area contributed by atoms with Crippen LogP contribution in [0.1, 0.15) is 30.4 Å². The Morgan fingerprint density at radius 3 is 2.92 bits per heavy atom. The minimum atomic E-state index is -0.613. The van der Waals surface area contributed by atoms with Gasteiger partial charge >= 0.3 is 0 Å². The van der Waals surface area contributed by atoms with Crippen LogP contribution in [0.15, 0.2) is 24.4 Å². The van der Waals surface area contributed by atoms with Gasteiger partial charge in [0.25, 0.3) is 0 Å². The molecule has 1 aliphatic heterocycles. The predicted molar refractivity (Wildman–Crippen MR) is 96.6 cm³/mol. The molecule has 0 spiro atoms. The summed E-state index contributed by atoms with van der Waals surface area (Å²) in [6.07, 6.45) is 4.65. The van der Waals surface area contributed by atoms with Crippen LogP contribution < -0.4 is 16.4 Å². The van der Waals surface area contributed by atoms with E-state index in [2.05, 4.69) is 20.8 Å². The molecule has 7 heteroatoms. The average Bonchev–Trinajstić information content (AvgIpc) is 3.33. The zero-order valence-corrected chi connectivity index (χ0v) is 14.8. The second kappa shape index (κ2) is 6.81. The first kappa shape index (κ1) is 17.2. The third-order valence-electron chi connectivity index (χ3n) is 5.58. The molecule has 1 aromatic carbocycles. The minimum Gasteiger partial charge on any atom is -0.339 e. The Morgan fingerprint density at radius 1 is 1.46 bits per heavy atom. The number of carbonyl (C=O) groups is 1. The molecule has 1 aliphatic carbocycles. The highest BCUT2D eigenvalue weighted by atomic mass is 19.1. The van der Waals surface area contributed by atoms with Gasteiger partial charge in [-0.25, -0.2) is 4.39 Å². The van der Waals surface area contributed by atoms with Crippen LogP contribution in [-0.2, 0) is 11.2 Å². The standard InChI is InChI=1S/C19H24FN5O/c1-10-9-22-25-17(10)13-3-2-11(15(20)7-13)8-16(21)24-19(26)18-12-4-5-14(6-12)23-18/h2-3,7,9,12,14,16,18,23H,4-6,8,21H2,1H3,(H,22,25)(H,24,26)/t12-,14+,16-,18-/m0/s1. The van der Waals surface area contributed by atoms with Crippen molar-refractivity contribution in [2.24, 2.45) is 11.7 Å². The van der Waals surface area contributed by atoms with Crippen molar-refractivity contribution in [3.05, 3.63) is 41.3 Å². The Bertz CT molecular complexity index is 820. The van der Waals surface area contributed by atoms with Crippen molar-refractivity contribution < 1.29 is 9.18 Å². The molecule has 1 saturated carbocycles. The fourth-order valence-electron chi connectivity index (χ4n) is 4.22. The van der Waals surface area contributed by atoms with Crippen molar-refractivity contribution >= 4 is 5.91 Å². The van der Waals surface area contributed by atoms with Gasteiger partial charge in [0.2, 0.25) is 5.91 Å². The molecule has 0 radical (unpaired) electrons. The summed E-state index contributed by atoms with van der Waals surface area (Å²) in [4.78, 5) is 12.4. The number of piperidine rings is 1. The number of nitrogens with one attached hydrogen (secondary N) is 3. The van der Waals surface area contributed by atoms with E-state index in [1.54, 1.807) is 12.3 Å². The summed E-state index contributed by atoms with van der Waals surface area (Å²) in [6.45, 7) is 1.92. The number of hydrogen-bond donors (Lipinski definition) is 4. The molecule has 138 valence electrons. The first-order chi connectivity index (χ1) is 12.5. The SMILES string of the molecule is Cc1cn[nH]c1-c1ccc(C[C@@H](N)NC(=O)[C@H]2N[C@@H]3CC[C@H]2C3)c(F)c1. The summed E-state index contributed by atoms with van der Waals surface area (Å²) in [5.41, 5.74) is 9.04. The number of nitrogens with zero attached hydrogens (tertiary/aromatic N) is 1. The van der Waals surface area contributed by atoms with Crippen molar-refractivity contribution in [3.8, 4) is 11.3 Å². The number of aromatic nitrogens is 2. The van der Waals surface area contributed by atoms with Crippen molar-refractivity contribution in [3.63, 3.8) is 0 Å². The lowest BCUT2D eigenvalue weighted by Crippen LogP contribution is -2.53. The zero-order valence-electron chi connectivity index (χ0n) is 14.8. The monoisotopic (exact) mass is 357 g/mol. The number of nitrogens with two attached hydrogens (primary N) is 1. The number of carbonyl (C=O) groups excluding carboxylic acids is 1.